The molecule has 0 amide bonds. The Morgan fingerprint density at radius 1 is 1.24 bits per heavy atom. The Labute approximate surface area is 97.5 Å². The number of hydrogen-bond acceptors (Lipinski definition) is 4. The van der Waals surface area contributed by atoms with E-state index in [1.807, 2.05) is 24.3 Å². The Morgan fingerprint density at radius 2 is 2.00 bits per heavy atom. The van der Waals surface area contributed by atoms with Crippen molar-refractivity contribution in [3.05, 3.63) is 42.2 Å². The first-order valence-corrected chi connectivity index (χ1v) is 4.84. The monoisotopic (exact) mass is 229 g/mol. The Bertz CT molecular complexity index is 520. The fourth-order valence-corrected chi connectivity index (χ4v) is 1.22. The molecule has 1 heterocycles. The first-order chi connectivity index (χ1) is 8.25. The lowest BCUT2D eigenvalue weighted by atomic mass is 10.2. The molecule has 0 atom stereocenters. The van der Waals surface area contributed by atoms with Crippen LogP contribution in [0.5, 0.6) is 0 Å². The summed E-state index contributed by atoms with van der Waals surface area (Å²) in [6.07, 6.45) is 4.95. The molecule has 7 nitrogen and oxygen atoms in total. The summed E-state index contributed by atoms with van der Waals surface area (Å²) < 4.78 is 1.66. The van der Waals surface area contributed by atoms with Gasteiger partial charge in [-0.1, -0.05) is 17.3 Å². The number of nitrogens with two attached hydrogens (primary N) is 2. The number of benzene rings is 1. The molecule has 86 valence electrons. The lowest BCUT2D eigenvalue weighted by Crippen LogP contribution is -2.21. The molecule has 1 aromatic carbocycles. The number of guanidine groups is 1. The number of hydrogen-bond donors (Lipinski definition) is 2. The average molecular weight is 229 g/mol. The van der Waals surface area contributed by atoms with Gasteiger partial charge in [-0.25, -0.2) is 4.68 Å². The number of rotatable bonds is 3. The van der Waals surface area contributed by atoms with E-state index >= 15 is 0 Å². The minimum Gasteiger partial charge on any atom is -0.369 e. The van der Waals surface area contributed by atoms with E-state index in [4.69, 9.17) is 11.5 Å². The molecule has 1 aromatic heterocycles. The highest BCUT2D eigenvalue weighted by atomic mass is 15.4. The van der Waals surface area contributed by atoms with Crippen molar-refractivity contribution in [3.8, 4) is 5.69 Å². The summed E-state index contributed by atoms with van der Waals surface area (Å²) in [4.78, 5) is 0. The highest BCUT2D eigenvalue weighted by molar-refractivity contribution is 5.81. The molecule has 2 rings (SSSR count). The Morgan fingerprint density at radius 3 is 2.59 bits per heavy atom. The molecule has 0 unspecified atom stereocenters. The van der Waals surface area contributed by atoms with Crippen molar-refractivity contribution in [2.24, 2.45) is 21.7 Å². The van der Waals surface area contributed by atoms with Gasteiger partial charge in [0.25, 0.3) is 0 Å². The summed E-state index contributed by atoms with van der Waals surface area (Å²) in [5, 5.41) is 14.8. The highest BCUT2D eigenvalue weighted by Gasteiger charge is 1.95. The van der Waals surface area contributed by atoms with E-state index in [9.17, 15) is 0 Å². The number of nitrogens with zero attached hydrogens (tertiary/aromatic N) is 5. The van der Waals surface area contributed by atoms with Crippen LogP contribution < -0.4 is 11.5 Å². The van der Waals surface area contributed by atoms with Crippen LogP contribution in [0.25, 0.3) is 5.69 Å². The van der Waals surface area contributed by atoms with Crippen LogP contribution in [0.15, 0.2) is 46.9 Å². The van der Waals surface area contributed by atoms with Gasteiger partial charge in [0, 0.05) is 0 Å². The van der Waals surface area contributed by atoms with Crippen molar-refractivity contribution >= 4 is 12.2 Å². The van der Waals surface area contributed by atoms with E-state index < -0.39 is 0 Å². The molecule has 2 aromatic rings. The van der Waals surface area contributed by atoms with Crippen LogP contribution >= 0.6 is 0 Å². The lowest BCUT2D eigenvalue weighted by Gasteiger charge is -1.99. The topological polar surface area (TPSA) is 107 Å². The fraction of sp³-hybridized carbons (Fsp3) is 0. The van der Waals surface area contributed by atoms with Gasteiger partial charge in [-0.3, -0.25) is 0 Å². The zero-order valence-electron chi connectivity index (χ0n) is 8.93. The Kier molecular flexibility index (Phi) is 3.10. The van der Waals surface area contributed by atoms with Crippen LogP contribution in [0.2, 0.25) is 0 Å². The van der Waals surface area contributed by atoms with Crippen LogP contribution in [-0.4, -0.2) is 27.2 Å². The molecular weight excluding hydrogens is 218 g/mol. The molecule has 0 spiro atoms. The standard InChI is InChI=1S/C10H11N7/c11-10(12)15-14-7-8-1-3-9(4-2-8)17-6-5-13-16-17/h1-7H,(H4,11,12,15). The third-order valence-electron chi connectivity index (χ3n) is 1.96. The van der Waals surface area contributed by atoms with Gasteiger partial charge < -0.3 is 11.5 Å². The van der Waals surface area contributed by atoms with Crippen LogP contribution in [-0.2, 0) is 0 Å². The van der Waals surface area contributed by atoms with Gasteiger partial charge in [0.2, 0.25) is 5.96 Å². The largest absolute Gasteiger partial charge is 0.369 e. The number of aromatic nitrogens is 3. The normalized spacial score (nSPS) is 10.6. The van der Waals surface area contributed by atoms with Crippen molar-refractivity contribution < 1.29 is 0 Å². The van der Waals surface area contributed by atoms with Gasteiger partial charge in [0.1, 0.15) is 0 Å². The van der Waals surface area contributed by atoms with Crippen molar-refractivity contribution in [2.75, 3.05) is 0 Å². The molecular formula is C10H11N7. The second kappa shape index (κ2) is 4.88. The summed E-state index contributed by atoms with van der Waals surface area (Å²) >= 11 is 0. The van der Waals surface area contributed by atoms with Crippen LogP contribution in [0, 0.1) is 0 Å². The molecule has 0 bridgehead atoms. The molecule has 0 saturated heterocycles. The molecule has 0 saturated carbocycles. The molecule has 4 N–H and O–H groups in total. The fourth-order valence-electron chi connectivity index (χ4n) is 1.22. The van der Waals surface area contributed by atoms with Crippen LogP contribution in [0.1, 0.15) is 5.56 Å². The maximum atomic E-state index is 5.14. The average Bonchev–Trinajstić information content (AvgIpc) is 2.83. The Hall–Kier alpha value is -2.70. The molecule has 0 aliphatic carbocycles. The van der Waals surface area contributed by atoms with Gasteiger partial charge in [0.15, 0.2) is 0 Å². The van der Waals surface area contributed by atoms with E-state index in [1.165, 1.54) is 0 Å². The molecule has 0 fully saturated rings. The summed E-state index contributed by atoms with van der Waals surface area (Å²) in [6, 6.07) is 7.54. The van der Waals surface area contributed by atoms with Gasteiger partial charge in [-0.2, -0.15) is 5.10 Å². The summed E-state index contributed by atoms with van der Waals surface area (Å²) in [5.74, 6) is -0.0690. The Balaban J connectivity index is 2.14. The summed E-state index contributed by atoms with van der Waals surface area (Å²) in [7, 11) is 0. The second-order valence-corrected chi connectivity index (χ2v) is 3.21. The lowest BCUT2D eigenvalue weighted by molar-refractivity contribution is 0.803. The first kappa shape index (κ1) is 10.8. The van der Waals surface area contributed by atoms with Gasteiger partial charge >= 0.3 is 0 Å². The predicted octanol–water partition coefficient (Wildman–Crippen LogP) is -0.125. The van der Waals surface area contributed by atoms with Crippen LogP contribution in [0.3, 0.4) is 0 Å². The highest BCUT2D eigenvalue weighted by Crippen LogP contribution is 2.06. The van der Waals surface area contributed by atoms with E-state index in [-0.39, 0.29) is 5.96 Å². The molecule has 17 heavy (non-hydrogen) atoms. The molecule has 7 heteroatoms. The minimum absolute atomic E-state index is 0.0690. The van der Waals surface area contributed by atoms with Gasteiger partial charge in [-0.05, 0) is 17.7 Å². The van der Waals surface area contributed by atoms with Crippen LogP contribution in [0.4, 0.5) is 0 Å². The van der Waals surface area contributed by atoms with E-state index in [0.29, 0.717) is 0 Å². The van der Waals surface area contributed by atoms with E-state index in [2.05, 4.69) is 20.5 Å². The molecule has 0 aliphatic heterocycles. The molecule has 0 aliphatic rings. The third kappa shape index (κ3) is 2.88. The van der Waals surface area contributed by atoms with E-state index in [1.54, 1.807) is 23.3 Å². The maximum Gasteiger partial charge on any atom is 0.211 e. The zero-order valence-corrected chi connectivity index (χ0v) is 8.93. The summed E-state index contributed by atoms with van der Waals surface area (Å²) in [6.45, 7) is 0. The van der Waals surface area contributed by atoms with Crippen molar-refractivity contribution in [1.82, 2.24) is 15.0 Å². The van der Waals surface area contributed by atoms with Gasteiger partial charge in [-0.15, -0.1) is 10.2 Å². The third-order valence-corrected chi connectivity index (χ3v) is 1.96. The van der Waals surface area contributed by atoms with Crippen molar-refractivity contribution in [3.63, 3.8) is 0 Å². The quantitative estimate of drug-likeness (QED) is 0.434. The first-order valence-electron chi connectivity index (χ1n) is 4.84. The van der Waals surface area contributed by atoms with E-state index in [0.717, 1.165) is 11.3 Å². The SMILES string of the molecule is NC(N)=NN=Cc1ccc(-n2ccnn2)cc1. The summed E-state index contributed by atoms with van der Waals surface area (Å²) in [5.41, 5.74) is 12.1. The minimum atomic E-state index is -0.0690. The van der Waals surface area contributed by atoms with Gasteiger partial charge in [0.05, 0.1) is 24.3 Å². The second-order valence-electron chi connectivity index (χ2n) is 3.21. The smallest absolute Gasteiger partial charge is 0.211 e. The zero-order chi connectivity index (χ0) is 12.1. The maximum absolute atomic E-state index is 5.14. The van der Waals surface area contributed by atoms with Crippen molar-refractivity contribution in [1.29, 1.82) is 0 Å². The molecule has 0 radical (unpaired) electrons. The predicted molar refractivity (Wildman–Crippen MR) is 64.8 cm³/mol. The van der Waals surface area contributed by atoms with Crippen molar-refractivity contribution in [2.45, 2.75) is 0 Å².